The Kier molecular flexibility index (Phi) is 17.8. The molecule has 2 aliphatic carbocycles. The van der Waals surface area contributed by atoms with Gasteiger partial charge in [0.1, 0.15) is 0 Å². The zero-order chi connectivity index (χ0) is 12.6. The maximum absolute atomic E-state index is 3.34. The van der Waals surface area contributed by atoms with Crippen LogP contribution in [0.1, 0.15) is 40.5 Å². The van der Waals surface area contributed by atoms with E-state index < -0.39 is 0 Å². The average molecular weight is 364 g/mol. The van der Waals surface area contributed by atoms with Gasteiger partial charge < -0.3 is 0 Å². The third-order valence-electron chi connectivity index (χ3n) is 2.47. The van der Waals surface area contributed by atoms with Gasteiger partial charge in [-0.15, -0.1) is 44.6 Å². The summed E-state index contributed by atoms with van der Waals surface area (Å²) in [6.45, 7) is 8.47. The normalized spacial score (nSPS) is 15.2. The Labute approximate surface area is 139 Å². The zero-order valence-electron chi connectivity index (χ0n) is 11.6. The van der Waals surface area contributed by atoms with E-state index in [9.17, 15) is 0 Å². The number of rotatable bonds is 0. The van der Waals surface area contributed by atoms with Crippen LogP contribution in [-0.2, 0) is 24.2 Å². The van der Waals surface area contributed by atoms with Crippen LogP contribution in [0.5, 0.6) is 0 Å². The fourth-order valence-corrected chi connectivity index (χ4v) is 1.37. The van der Waals surface area contributed by atoms with Gasteiger partial charge in [0, 0.05) is 0 Å². The molecule has 2 rings (SSSR count). The molecule has 0 saturated carbocycles. The quantitative estimate of drug-likeness (QED) is 0.532. The summed E-state index contributed by atoms with van der Waals surface area (Å²) in [5, 5.41) is 0. The Morgan fingerprint density at radius 2 is 1.61 bits per heavy atom. The van der Waals surface area contributed by atoms with E-state index >= 15 is 0 Å². The van der Waals surface area contributed by atoms with Crippen LogP contribution in [-0.4, -0.2) is 4.21 Å². The van der Waals surface area contributed by atoms with Crippen molar-refractivity contribution in [2.24, 2.45) is 0 Å². The van der Waals surface area contributed by atoms with Crippen LogP contribution in [0.3, 0.4) is 0 Å². The minimum absolute atomic E-state index is 0. The SMILES string of the molecule is CC1=C(C)C[C-]=C1.CC1=[C-]CC(C)=C1.Cl.Cl.[CH2]=[Zr+2]. The van der Waals surface area contributed by atoms with Crippen molar-refractivity contribution in [2.45, 2.75) is 40.5 Å². The van der Waals surface area contributed by atoms with Crippen LogP contribution < -0.4 is 0 Å². The first-order valence-corrected chi connectivity index (χ1v) is 7.16. The number of hydrogen-bond acceptors (Lipinski definition) is 0. The molecule has 0 fully saturated rings. The minimum atomic E-state index is 0. The van der Waals surface area contributed by atoms with Crippen LogP contribution in [0.2, 0.25) is 0 Å². The van der Waals surface area contributed by atoms with E-state index in [1.165, 1.54) is 46.5 Å². The third-order valence-corrected chi connectivity index (χ3v) is 2.47. The standard InChI is InChI=1S/2C7H9.CH2.2ClH.Zr/c1-6-3-4-7(2)5-6;1-6-4-3-5-7(6)2;;;;/h5H,3H2,1-2H3;4H,5H2,1-2H3;1H2;2*1H;/q2*-1;;;;+2. The average Bonchev–Trinajstić information content (AvgIpc) is 2.81. The second kappa shape index (κ2) is 13.7. The molecule has 0 amide bonds. The molecule has 0 spiro atoms. The molecule has 0 saturated heterocycles. The van der Waals surface area contributed by atoms with Gasteiger partial charge in [0.25, 0.3) is 0 Å². The number of allylic oxidation sites excluding steroid dienone is 8. The van der Waals surface area contributed by atoms with Gasteiger partial charge >= 0.3 is 28.4 Å². The third kappa shape index (κ3) is 10.2. The Balaban J connectivity index is -0.000000200. The van der Waals surface area contributed by atoms with E-state index in [4.69, 9.17) is 0 Å². The van der Waals surface area contributed by atoms with Crippen LogP contribution in [0.4, 0.5) is 0 Å². The van der Waals surface area contributed by atoms with Gasteiger partial charge in [0.2, 0.25) is 0 Å². The first-order chi connectivity index (χ1) is 7.59. The van der Waals surface area contributed by atoms with E-state index in [1.54, 1.807) is 0 Å². The number of hydrogen-bond donors (Lipinski definition) is 0. The van der Waals surface area contributed by atoms with Crippen molar-refractivity contribution in [1.82, 2.24) is 0 Å². The Morgan fingerprint density at radius 3 is 1.72 bits per heavy atom. The van der Waals surface area contributed by atoms with Gasteiger partial charge in [0.15, 0.2) is 0 Å². The molecule has 100 valence electrons. The molecule has 0 aromatic carbocycles. The van der Waals surface area contributed by atoms with Gasteiger partial charge in [0.05, 0.1) is 0 Å². The summed E-state index contributed by atoms with van der Waals surface area (Å²) >= 11 is 1.30. The Hall–Kier alpha value is 0.293. The molecule has 0 heterocycles. The molecule has 3 heteroatoms. The molecule has 0 bridgehead atoms. The molecule has 2 aliphatic rings. The van der Waals surface area contributed by atoms with E-state index in [0.29, 0.717) is 0 Å². The molecule has 18 heavy (non-hydrogen) atoms. The Morgan fingerprint density at radius 1 is 1.06 bits per heavy atom. The molecule has 0 aliphatic heterocycles. The maximum atomic E-state index is 3.34. The van der Waals surface area contributed by atoms with Crippen molar-refractivity contribution >= 4 is 29.0 Å². The van der Waals surface area contributed by atoms with Crippen LogP contribution in [0.25, 0.3) is 0 Å². The van der Waals surface area contributed by atoms with E-state index in [1.807, 2.05) is 0 Å². The summed E-state index contributed by atoms with van der Waals surface area (Å²) in [7, 11) is 0. The molecule has 0 nitrogen and oxygen atoms in total. The zero-order valence-corrected chi connectivity index (χ0v) is 15.7. The van der Waals surface area contributed by atoms with Gasteiger partial charge in [-0.25, -0.2) is 23.3 Å². The summed E-state index contributed by atoms with van der Waals surface area (Å²) in [5.74, 6) is 0. The molecule has 0 radical (unpaired) electrons. The summed E-state index contributed by atoms with van der Waals surface area (Å²) in [6.07, 6.45) is 12.6. The summed E-state index contributed by atoms with van der Waals surface area (Å²) < 4.78 is 3.34. The fraction of sp³-hybridized carbons (Fsp3) is 0.400. The van der Waals surface area contributed by atoms with Crippen LogP contribution >= 0.6 is 24.8 Å². The molecular weight excluding hydrogens is 342 g/mol. The summed E-state index contributed by atoms with van der Waals surface area (Å²) in [4.78, 5) is 0. The summed E-state index contributed by atoms with van der Waals surface area (Å²) in [6, 6.07) is 0. The molecule has 0 atom stereocenters. The first-order valence-electron chi connectivity index (χ1n) is 5.42. The molecular formula is C15H22Cl2Zr. The van der Waals surface area contributed by atoms with Crippen molar-refractivity contribution in [3.8, 4) is 0 Å². The van der Waals surface area contributed by atoms with Crippen LogP contribution in [0, 0.1) is 12.2 Å². The first kappa shape index (κ1) is 23.4. The number of halogens is 2. The molecule has 0 aromatic heterocycles. The second-order valence-corrected chi connectivity index (χ2v) is 4.02. The van der Waals surface area contributed by atoms with Crippen molar-refractivity contribution in [3.63, 3.8) is 0 Å². The molecule has 0 unspecified atom stereocenters. The fourth-order valence-electron chi connectivity index (χ4n) is 1.37. The monoisotopic (exact) mass is 362 g/mol. The molecule has 0 N–H and O–H groups in total. The van der Waals surface area contributed by atoms with Crippen molar-refractivity contribution in [2.75, 3.05) is 0 Å². The Bertz CT molecular complexity index is 350. The predicted octanol–water partition coefficient (Wildman–Crippen LogP) is 4.98. The summed E-state index contributed by atoms with van der Waals surface area (Å²) in [5.41, 5.74) is 5.56. The van der Waals surface area contributed by atoms with Crippen LogP contribution in [0.15, 0.2) is 34.4 Å². The predicted molar refractivity (Wildman–Crippen MR) is 83.2 cm³/mol. The second-order valence-electron chi connectivity index (χ2n) is 4.02. The van der Waals surface area contributed by atoms with Gasteiger partial charge in [-0.1, -0.05) is 20.8 Å². The molecule has 0 aromatic rings. The topological polar surface area (TPSA) is 0 Å². The van der Waals surface area contributed by atoms with Gasteiger partial charge in [-0.05, 0) is 0 Å². The van der Waals surface area contributed by atoms with Gasteiger partial charge in [-0.3, -0.25) is 12.2 Å². The van der Waals surface area contributed by atoms with E-state index in [-0.39, 0.29) is 24.8 Å². The van der Waals surface area contributed by atoms with Crippen molar-refractivity contribution in [3.05, 3.63) is 46.6 Å². The van der Waals surface area contributed by atoms with E-state index in [0.717, 1.165) is 12.8 Å². The van der Waals surface area contributed by atoms with Crippen molar-refractivity contribution < 1.29 is 24.2 Å². The van der Waals surface area contributed by atoms with E-state index in [2.05, 4.69) is 56.2 Å². The van der Waals surface area contributed by atoms with Gasteiger partial charge in [-0.2, -0.15) is 11.1 Å². The van der Waals surface area contributed by atoms with Crippen molar-refractivity contribution in [1.29, 1.82) is 0 Å².